The zero-order chi connectivity index (χ0) is 17.2. The Hall–Kier alpha value is -1.57. The van der Waals surface area contributed by atoms with Gasteiger partial charge < -0.3 is 9.80 Å². The van der Waals surface area contributed by atoms with Crippen LogP contribution in [0.2, 0.25) is 0 Å². The second-order valence-electron chi connectivity index (χ2n) is 6.28. The maximum atomic E-state index is 12.8. The van der Waals surface area contributed by atoms with Crippen molar-refractivity contribution in [3.8, 4) is 0 Å². The summed E-state index contributed by atoms with van der Waals surface area (Å²) in [5.74, 6) is -0.362. The largest absolute Gasteiger partial charge is 0.435 e. The maximum Gasteiger partial charge on any atom is 0.435 e. The lowest BCUT2D eigenvalue weighted by molar-refractivity contribution is -0.141. The lowest BCUT2D eigenvalue weighted by Crippen LogP contribution is -2.45. The summed E-state index contributed by atoms with van der Waals surface area (Å²) in [5.41, 5.74) is -1.03. The molecule has 5 nitrogen and oxygen atoms in total. The Morgan fingerprint density at radius 2 is 2.09 bits per heavy atom. The van der Waals surface area contributed by atoms with Crippen LogP contribution in [0.25, 0.3) is 0 Å². The van der Waals surface area contributed by atoms with Crippen molar-refractivity contribution in [1.29, 1.82) is 0 Å². The van der Waals surface area contributed by atoms with E-state index in [1.165, 1.54) is 7.05 Å². The molecule has 1 aliphatic heterocycles. The van der Waals surface area contributed by atoms with Gasteiger partial charge in [-0.25, -0.2) is 0 Å². The molecule has 1 amide bonds. The van der Waals surface area contributed by atoms with Crippen LogP contribution in [0.1, 0.15) is 41.9 Å². The van der Waals surface area contributed by atoms with Gasteiger partial charge in [-0.15, -0.1) is 0 Å². The number of halogens is 3. The molecule has 2 rings (SSSR count). The first-order valence-electron chi connectivity index (χ1n) is 7.77. The number of hydrogen-bond donors (Lipinski definition) is 0. The van der Waals surface area contributed by atoms with Crippen LogP contribution in [0, 0.1) is 0 Å². The van der Waals surface area contributed by atoms with Gasteiger partial charge >= 0.3 is 6.18 Å². The summed E-state index contributed by atoms with van der Waals surface area (Å²) < 4.78 is 39.3. The number of nitrogens with zero attached hydrogens (tertiary/aromatic N) is 4. The van der Waals surface area contributed by atoms with E-state index in [0.717, 1.165) is 43.0 Å². The minimum absolute atomic E-state index is 0.00548. The van der Waals surface area contributed by atoms with Gasteiger partial charge in [0, 0.05) is 25.7 Å². The fourth-order valence-corrected chi connectivity index (χ4v) is 2.93. The van der Waals surface area contributed by atoms with Crippen molar-refractivity contribution in [2.45, 2.75) is 37.9 Å². The van der Waals surface area contributed by atoms with E-state index in [0.29, 0.717) is 6.54 Å². The zero-order valence-corrected chi connectivity index (χ0v) is 13.7. The van der Waals surface area contributed by atoms with Crippen molar-refractivity contribution < 1.29 is 18.0 Å². The van der Waals surface area contributed by atoms with Crippen molar-refractivity contribution in [3.05, 3.63) is 17.5 Å². The predicted octanol–water partition coefficient (Wildman–Crippen LogP) is 2.39. The van der Waals surface area contributed by atoms with Crippen molar-refractivity contribution in [2.75, 3.05) is 27.2 Å². The van der Waals surface area contributed by atoms with Gasteiger partial charge in [0.1, 0.15) is 5.69 Å². The third-order valence-electron chi connectivity index (χ3n) is 4.19. The van der Waals surface area contributed by atoms with Crippen molar-refractivity contribution in [1.82, 2.24) is 19.6 Å². The molecule has 0 spiro atoms. The first-order chi connectivity index (χ1) is 10.7. The van der Waals surface area contributed by atoms with E-state index >= 15 is 0 Å². The number of hydrogen-bond acceptors (Lipinski definition) is 3. The van der Waals surface area contributed by atoms with Crippen LogP contribution in [0.3, 0.4) is 0 Å². The summed E-state index contributed by atoms with van der Waals surface area (Å²) in [6.45, 7) is 1.43. The number of piperidine rings is 1. The highest BCUT2D eigenvalue weighted by atomic mass is 19.4. The van der Waals surface area contributed by atoms with Gasteiger partial charge in [0.15, 0.2) is 5.69 Å². The number of aromatic nitrogens is 2. The van der Waals surface area contributed by atoms with E-state index in [1.54, 1.807) is 4.90 Å². The third-order valence-corrected chi connectivity index (χ3v) is 4.19. The maximum absolute atomic E-state index is 12.8. The second kappa shape index (κ2) is 6.90. The van der Waals surface area contributed by atoms with Crippen molar-refractivity contribution >= 4 is 5.91 Å². The number of rotatable bonds is 4. The van der Waals surface area contributed by atoms with E-state index in [2.05, 4.69) is 5.10 Å². The molecular formula is C15H23F3N4O. The average molecular weight is 332 g/mol. The van der Waals surface area contributed by atoms with Gasteiger partial charge in [0.2, 0.25) is 0 Å². The Morgan fingerprint density at radius 3 is 2.65 bits per heavy atom. The molecular weight excluding hydrogens is 309 g/mol. The summed E-state index contributed by atoms with van der Waals surface area (Å²) in [4.78, 5) is 16.5. The molecule has 0 saturated carbocycles. The van der Waals surface area contributed by atoms with Crippen molar-refractivity contribution in [3.63, 3.8) is 0 Å². The summed E-state index contributed by atoms with van der Waals surface area (Å²) in [5, 5.41) is 3.43. The fourth-order valence-electron chi connectivity index (χ4n) is 2.93. The molecule has 1 aliphatic rings. The number of alkyl halides is 3. The van der Waals surface area contributed by atoms with Crippen LogP contribution in [0.15, 0.2) is 6.07 Å². The molecule has 0 unspecified atom stereocenters. The molecule has 0 aromatic carbocycles. The number of carbonyl (C=O) groups is 1. The van der Waals surface area contributed by atoms with E-state index in [4.69, 9.17) is 0 Å². The standard InChI is InChI=1S/C15H23F3N4O/c1-20(2)9-7-11-6-4-5-8-22(11)14(23)12-10-13(15(16,17)18)19-21(12)3/h10-11H,4-9H2,1-3H3/t11-/m1/s1. The highest BCUT2D eigenvalue weighted by Gasteiger charge is 2.37. The van der Waals surface area contributed by atoms with E-state index < -0.39 is 11.9 Å². The Balaban J connectivity index is 2.18. The van der Waals surface area contributed by atoms with Gasteiger partial charge in [0.25, 0.3) is 5.91 Å². The second-order valence-corrected chi connectivity index (χ2v) is 6.28. The Bertz CT molecular complexity index is 553. The molecule has 0 N–H and O–H groups in total. The molecule has 23 heavy (non-hydrogen) atoms. The van der Waals surface area contributed by atoms with Gasteiger partial charge in [-0.2, -0.15) is 18.3 Å². The topological polar surface area (TPSA) is 41.4 Å². The van der Waals surface area contributed by atoms with Crippen LogP contribution in [-0.4, -0.2) is 58.7 Å². The van der Waals surface area contributed by atoms with Crippen LogP contribution in [-0.2, 0) is 13.2 Å². The molecule has 0 bridgehead atoms. The van der Waals surface area contributed by atoms with Crippen LogP contribution >= 0.6 is 0 Å². The third kappa shape index (κ3) is 4.25. The summed E-state index contributed by atoms with van der Waals surface area (Å²) in [6, 6.07) is 0.919. The molecule has 1 saturated heterocycles. The zero-order valence-electron chi connectivity index (χ0n) is 13.7. The minimum atomic E-state index is -4.54. The van der Waals surface area contributed by atoms with Gasteiger partial charge in [-0.05, 0) is 46.3 Å². The lowest BCUT2D eigenvalue weighted by atomic mass is 9.98. The molecule has 1 aromatic heterocycles. The number of likely N-dealkylation sites (tertiary alicyclic amines) is 1. The summed E-state index contributed by atoms with van der Waals surface area (Å²) >= 11 is 0. The molecule has 8 heteroatoms. The fraction of sp³-hybridized carbons (Fsp3) is 0.733. The molecule has 0 radical (unpaired) electrons. The predicted molar refractivity (Wildman–Crippen MR) is 80.1 cm³/mol. The normalized spacial score (nSPS) is 19.4. The SMILES string of the molecule is CN(C)CC[C@H]1CCCCN1C(=O)c1cc(C(F)(F)F)nn1C. The minimum Gasteiger partial charge on any atom is -0.334 e. The number of aryl methyl sites for hydroxylation is 1. The highest BCUT2D eigenvalue weighted by Crippen LogP contribution is 2.29. The molecule has 1 atom stereocenters. The van der Waals surface area contributed by atoms with E-state index in [-0.39, 0.29) is 17.6 Å². The van der Waals surface area contributed by atoms with E-state index in [9.17, 15) is 18.0 Å². The van der Waals surface area contributed by atoms with Crippen LogP contribution in [0.5, 0.6) is 0 Å². The number of carbonyl (C=O) groups excluding carboxylic acids is 1. The van der Waals surface area contributed by atoms with Crippen LogP contribution in [0.4, 0.5) is 13.2 Å². The first-order valence-corrected chi connectivity index (χ1v) is 7.77. The monoisotopic (exact) mass is 332 g/mol. The summed E-state index contributed by atoms with van der Waals surface area (Å²) in [7, 11) is 5.30. The molecule has 130 valence electrons. The highest BCUT2D eigenvalue weighted by molar-refractivity contribution is 5.93. The molecule has 1 aromatic rings. The van der Waals surface area contributed by atoms with Crippen LogP contribution < -0.4 is 0 Å². The smallest absolute Gasteiger partial charge is 0.334 e. The molecule has 0 aliphatic carbocycles. The van der Waals surface area contributed by atoms with E-state index in [1.807, 2.05) is 19.0 Å². The lowest BCUT2D eigenvalue weighted by Gasteiger charge is -2.36. The van der Waals surface area contributed by atoms with Crippen molar-refractivity contribution in [2.24, 2.45) is 7.05 Å². The quantitative estimate of drug-likeness (QED) is 0.850. The number of amides is 1. The average Bonchev–Trinajstić information content (AvgIpc) is 2.87. The van der Waals surface area contributed by atoms with Gasteiger partial charge in [0.05, 0.1) is 0 Å². The Morgan fingerprint density at radius 1 is 1.39 bits per heavy atom. The van der Waals surface area contributed by atoms with Gasteiger partial charge in [-0.3, -0.25) is 9.48 Å². The summed E-state index contributed by atoms with van der Waals surface area (Å²) in [6.07, 6.45) is -0.899. The first kappa shape index (κ1) is 17.8. The molecule has 1 fully saturated rings. The Kier molecular flexibility index (Phi) is 5.33. The molecule has 2 heterocycles. The Labute approximate surface area is 134 Å². The van der Waals surface area contributed by atoms with Gasteiger partial charge in [-0.1, -0.05) is 0 Å².